The molecule has 1 saturated heterocycles. The molecule has 3 N–H and O–H groups in total. The topological polar surface area (TPSA) is 126 Å². The molecule has 2 aliphatic rings. The normalized spacial score (nSPS) is 19.8. The second-order valence-electron chi connectivity index (χ2n) is 10.2. The van der Waals surface area contributed by atoms with Crippen LogP contribution in [0.5, 0.6) is 0 Å². The molecule has 4 rings (SSSR count). The van der Waals surface area contributed by atoms with Crippen molar-refractivity contribution in [3.63, 3.8) is 0 Å². The Hall–Kier alpha value is -3.74. The Morgan fingerprint density at radius 1 is 1.05 bits per heavy atom. The van der Waals surface area contributed by atoms with Crippen molar-refractivity contribution in [2.24, 2.45) is 0 Å². The van der Waals surface area contributed by atoms with Crippen LogP contribution >= 0.6 is 0 Å². The van der Waals surface area contributed by atoms with Crippen molar-refractivity contribution < 1.29 is 19.5 Å². The molecular formula is C29H35N5O4. The smallest absolute Gasteiger partial charge is 0.317 e. The van der Waals surface area contributed by atoms with Crippen LogP contribution < -0.4 is 10.6 Å². The number of hydrogen-bond donors (Lipinski definition) is 3. The molecule has 1 saturated carbocycles. The molecule has 3 atom stereocenters. The Balaban J connectivity index is 1.32. The zero-order valence-corrected chi connectivity index (χ0v) is 21.7. The van der Waals surface area contributed by atoms with E-state index in [-0.39, 0.29) is 18.4 Å². The van der Waals surface area contributed by atoms with E-state index in [1.807, 2.05) is 6.07 Å². The fraction of sp³-hybridized carbons (Fsp3) is 0.448. The Labute approximate surface area is 223 Å². The van der Waals surface area contributed by atoms with Crippen LogP contribution in [0.15, 0.2) is 48.5 Å². The molecule has 2 amide bonds. The second-order valence-corrected chi connectivity index (χ2v) is 10.2. The molecule has 2 fully saturated rings. The minimum Gasteiger partial charge on any atom is -0.480 e. The molecule has 38 heavy (non-hydrogen) atoms. The minimum absolute atomic E-state index is 0.0443. The molecular weight excluding hydrogens is 482 g/mol. The Morgan fingerprint density at radius 3 is 2.37 bits per heavy atom. The van der Waals surface area contributed by atoms with Gasteiger partial charge in [-0.3, -0.25) is 19.3 Å². The molecule has 200 valence electrons. The lowest BCUT2D eigenvalue weighted by molar-refractivity contribution is -0.139. The number of carboxylic acid groups (broad SMARTS) is 1. The maximum Gasteiger partial charge on any atom is 0.317 e. The number of nitriles is 1. The van der Waals surface area contributed by atoms with Crippen molar-refractivity contribution in [2.45, 2.75) is 44.2 Å². The van der Waals surface area contributed by atoms with Gasteiger partial charge in [0.25, 0.3) is 5.91 Å². The van der Waals surface area contributed by atoms with Crippen LogP contribution in [0.25, 0.3) is 0 Å². The average molecular weight is 518 g/mol. The van der Waals surface area contributed by atoms with E-state index in [0.29, 0.717) is 55.7 Å². The highest BCUT2D eigenvalue weighted by atomic mass is 16.4. The van der Waals surface area contributed by atoms with Crippen molar-refractivity contribution in [3.05, 3.63) is 70.8 Å². The molecule has 1 heterocycles. The van der Waals surface area contributed by atoms with E-state index in [1.54, 1.807) is 34.1 Å². The minimum atomic E-state index is -0.884. The predicted octanol–water partition coefficient (Wildman–Crippen LogP) is 2.12. The van der Waals surface area contributed by atoms with Crippen LogP contribution in [0, 0.1) is 18.3 Å². The second kappa shape index (κ2) is 12.7. The first kappa shape index (κ1) is 27.3. The molecule has 0 aromatic heterocycles. The fourth-order valence-electron chi connectivity index (χ4n) is 4.93. The molecule has 9 nitrogen and oxygen atoms in total. The van der Waals surface area contributed by atoms with E-state index in [1.165, 1.54) is 11.1 Å². The number of carbonyl (C=O) groups is 3. The number of aliphatic carboxylic acids is 1. The monoisotopic (exact) mass is 517 g/mol. The van der Waals surface area contributed by atoms with Crippen molar-refractivity contribution in [1.29, 1.82) is 5.26 Å². The van der Waals surface area contributed by atoms with Gasteiger partial charge in [0.05, 0.1) is 18.2 Å². The number of nitrogens with one attached hydrogen (secondary N) is 2. The van der Waals surface area contributed by atoms with E-state index >= 15 is 0 Å². The van der Waals surface area contributed by atoms with Gasteiger partial charge < -0.3 is 20.6 Å². The van der Waals surface area contributed by atoms with Crippen molar-refractivity contribution in [3.8, 4) is 6.07 Å². The summed E-state index contributed by atoms with van der Waals surface area (Å²) in [7, 11) is 0. The predicted molar refractivity (Wildman–Crippen MR) is 143 cm³/mol. The summed E-state index contributed by atoms with van der Waals surface area (Å²) in [6.07, 6.45) is 2.31. The molecule has 2 aromatic carbocycles. The summed E-state index contributed by atoms with van der Waals surface area (Å²) in [4.78, 5) is 40.9. The third kappa shape index (κ3) is 7.40. The Bertz CT molecular complexity index is 1170. The quantitative estimate of drug-likeness (QED) is 0.390. The fourth-order valence-corrected chi connectivity index (χ4v) is 4.93. The highest BCUT2D eigenvalue weighted by Crippen LogP contribution is 2.40. The number of aryl methyl sites for hydroxylation is 1. The van der Waals surface area contributed by atoms with Gasteiger partial charge in [-0.15, -0.1) is 0 Å². The first-order valence-corrected chi connectivity index (χ1v) is 13.2. The molecule has 0 radical (unpaired) electrons. The van der Waals surface area contributed by atoms with Gasteiger partial charge in [-0.1, -0.05) is 29.8 Å². The largest absolute Gasteiger partial charge is 0.480 e. The third-order valence-electron chi connectivity index (χ3n) is 7.29. The summed E-state index contributed by atoms with van der Waals surface area (Å²) in [6, 6.07) is 16.8. The van der Waals surface area contributed by atoms with Gasteiger partial charge in [-0.2, -0.15) is 5.26 Å². The van der Waals surface area contributed by atoms with Crippen LogP contribution in [0.2, 0.25) is 0 Å². The van der Waals surface area contributed by atoms with Crippen LogP contribution in [-0.4, -0.2) is 84.0 Å². The lowest BCUT2D eigenvalue weighted by Crippen LogP contribution is -2.55. The summed E-state index contributed by atoms with van der Waals surface area (Å²) in [6.45, 7) is 4.60. The van der Waals surface area contributed by atoms with Gasteiger partial charge in [0, 0.05) is 43.7 Å². The highest BCUT2D eigenvalue weighted by molar-refractivity contribution is 5.97. The maximum atomic E-state index is 13.4. The van der Waals surface area contributed by atoms with Crippen LogP contribution in [0.3, 0.4) is 0 Å². The van der Waals surface area contributed by atoms with E-state index in [9.17, 15) is 14.4 Å². The van der Waals surface area contributed by atoms with E-state index in [4.69, 9.17) is 10.4 Å². The summed E-state index contributed by atoms with van der Waals surface area (Å²) >= 11 is 0. The van der Waals surface area contributed by atoms with Gasteiger partial charge in [0.1, 0.15) is 6.04 Å². The maximum absolute atomic E-state index is 13.4. The first-order valence-electron chi connectivity index (χ1n) is 13.2. The number of benzene rings is 2. The van der Waals surface area contributed by atoms with Crippen LogP contribution in [0.1, 0.15) is 52.2 Å². The molecule has 0 unspecified atom stereocenters. The molecule has 1 aliphatic heterocycles. The zero-order valence-electron chi connectivity index (χ0n) is 21.7. The highest BCUT2D eigenvalue weighted by Gasteiger charge is 2.37. The summed E-state index contributed by atoms with van der Waals surface area (Å²) in [5.41, 5.74) is 3.45. The number of nitrogens with zero attached hydrogens (tertiary/aromatic N) is 3. The van der Waals surface area contributed by atoms with Crippen molar-refractivity contribution in [1.82, 2.24) is 20.4 Å². The molecule has 9 heteroatoms. The number of carbonyl (C=O) groups excluding carboxylic acids is 2. The van der Waals surface area contributed by atoms with Gasteiger partial charge in [-0.25, -0.2) is 0 Å². The number of carboxylic acids is 1. The zero-order chi connectivity index (χ0) is 27.1. The Morgan fingerprint density at radius 2 is 1.74 bits per heavy atom. The summed E-state index contributed by atoms with van der Waals surface area (Å²) in [5, 5.41) is 24.5. The lowest BCUT2D eigenvalue weighted by Gasteiger charge is -2.36. The first-order chi connectivity index (χ1) is 18.3. The molecule has 1 aliphatic carbocycles. The number of amides is 2. The molecule has 0 spiro atoms. The molecule has 0 bridgehead atoms. The van der Waals surface area contributed by atoms with Gasteiger partial charge in [-0.05, 0) is 62.6 Å². The van der Waals surface area contributed by atoms with E-state index in [2.05, 4.69) is 41.8 Å². The lowest BCUT2D eigenvalue weighted by atomic mass is 10.1. The van der Waals surface area contributed by atoms with Crippen LogP contribution in [-0.2, 0) is 9.59 Å². The van der Waals surface area contributed by atoms with E-state index in [0.717, 1.165) is 19.4 Å². The number of piperazine rings is 1. The van der Waals surface area contributed by atoms with Crippen molar-refractivity contribution in [2.75, 3.05) is 39.3 Å². The standard InChI is InChI=1S/C29H35N5O4/c1-20-4-8-22(9-5-20)24-17-26(24)31-12-2-3-25(32-28(37)23-10-6-21(18-30)7-11-23)29(38)34-15-13-33(14-16-34)19-27(35)36/h4-11,24-26,31H,2-3,12-17,19H2,1H3,(H,32,37)(H,35,36)/t24-,25-,26+/m0/s1. The third-order valence-corrected chi connectivity index (χ3v) is 7.29. The van der Waals surface area contributed by atoms with Crippen LogP contribution in [0.4, 0.5) is 0 Å². The molecule has 2 aromatic rings. The number of hydrogen-bond acceptors (Lipinski definition) is 6. The number of rotatable bonds is 11. The van der Waals surface area contributed by atoms with E-state index < -0.39 is 12.0 Å². The van der Waals surface area contributed by atoms with Gasteiger partial charge >= 0.3 is 5.97 Å². The average Bonchev–Trinajstić information content (AvgIpc) is 3.70. The summed E-state index contributed by atoms with van der Waals surface area (Å²) in [5.74, 6) is -0.866. The van der Waals surface area contributed by atoms with Crippen molar-refractivity contribution >= 4 is 17.8 Å². The SMILES string of the molecule is Cc1ccc([C@@H]2C[C@H]2NCCC[C@H](NC(=O)c2ccc(C#N)cc2)C(=O)N2CCN(CC(=O)O)CC2)cc1. The van der Waals surface area contributed by atoms with Gasteiger partial charge in [0.15, 0.2) is 0 Å². The Kier molecular flexibility index (Phi) is 9.10. The summed E-state index contributed by atoms with van der Waals surface area (Å²) < 4.78 is 0. The van der Waals surface area contributed by atoms with Gasteiger partial charge in [0.2, 0.25) is 5.91 Å².